The van der Waals surface area contributed by atoms with E-state index in [2.05, 4.69) is 10.3 Å². The number of anilines is 1. The van der Waals surface area contributed by atoms with E-state index in [4.69, 9.17) is 4.74 Å². The van der Waals surface area contributed by atoms with Crippen molar-refractivity contribution in [2.45, 2.75) is 25.6 Å². The van der Waals surface area contributed by atoms with Crippen molar-refractivity contribution in [3.05, 3.63) is 71.0 Å². The number of benzene rings is 1. The second kappa shape index (κ2) is 7.92. The van der Waals surface area contributed by atoms with Gasteiger partial charge in [-0.05, 0) is 49.2 Å². The van der Waals surface area contributed by atoms with E-state index in [0.717, 1.165) is 5.52 Å². The van der Waals surface area contributed by atoms with Crippen molar-refractivity contribution in [1.29, 1.82) is 0 Å². The number of halogens is 1. The van der Waals surface area contributed by atoms with E-state index in [1.54, 1.807) is 58.8 Å². The molecule has 1 atom stereocenters. The van der Waals surface area contributed by atoms with Gasteiger partial charge in [0.25, 0.3) is 5.56 Å². The minimum Gasteiger partial charge on any atom is -0.497 e. The molecule has 0 spiro atoms. The SMILES string of the molecule is COc1ccnc(NC(O)CCCn2c(=O)c3cccn3c3ccc(F)cc32)c1. The molecule has 0 fully saturated rings. The van der Waals surface area contributed by atoms with Crippen molar-refractivity contribution >= 4 is 22.4 Å². The normalized spacial score (nSPS) is 12.4. The number of methoxy groups -OCH3 is 1. The van der Waals surface area contributed by atoms with Gasteiger partial charge in [-0.2, -0.15) is 0 Å². The number of hydrogen-bond donors (Lipinski definition) is 2. The van der Waals surface area contributed by atoms with E-state index < -0.39 is 12.0 Å². The van der Waals surface area contributed by atoms with Crippen LogP contribution in [0.15, 0.2) is 59.7 Å². The fourth-order valence-corrected chi connectivity index (χ4v) is 3.45. The molecule has 0 aliphatic carbocycles. The smallest absolute Gasteiger partial charge is 0.275 e. The van der Waals surface area contributed by atoms with Gasteiger partial charge in [-0.1, -0.05) is 0 Å². The number of aromatic nitrogens is 3. The van der Waals surface area contributed by atoms with Gasteiger partial charge in [0.2, 0.25) is 0 Å². The lowest BCUT2D eigenvalue weighted by Gasteiger charge is -2.16. The summed E-state index contributed by atoms with van der Waals surface area (Å²) >= 11 is 0. The number of aryl methyl sites for hydroxylation is 1. The quantitative estimate of drug-likeness (QED) is 0.470. The van der Waals surface area contributed by atoms with Crippen LogP contribution in [0.2, 0.25) is 0 Å². The van der Waals surface area contributed by atoms with Crippen molar-refractivity contribution in [2.75, 3.05) is 12.4 Å². The number of hydrogen-bond acceptors (Lipinski definition) is 5. The van der Waals surface area contributed by atoms with Gasteiger partial charge < -0.3 is 24.1 Å². The molecule has 3 aromatic heterocycles. The van der Waals surface area contributed by atoms with Gasteiger partial charge in [0.15, 0.2) is 0 Å². The summed E-state index contributed by atoms with van der Waals surface area (Å²) in [5.41, 5.74) is 1.62. The van der Waals surface area contributed by atoms with Gasteiger partial charge in [-0.3, -0.25) is 4.79 Å². The predicted octanol–water partition coefficient (Wildman–Crippen LogP) is 3.01. The van der Waals surface area contributed by atoms with Crippen LogP contribution in [0.3, 0.4) is 0 Å². The Bertz CT molecular complexity index is 1220. The maximum Gasteiger partial charge on any atom is 0.275 e. The van der Waals surface area contributed by atoms with Crippen LogP contribution in [-0.4, -0.2) is 32.4 Å². The maximum absolute atomic E-state index is 13.8. The van der Waals surface area contributed by atoms with Gasteiger partial charge in [-0.15, -0.1) is 0 Å². The first-order chi connectivity index (χ1) is 14.1. The zero-order valence-electron chi connectivity index (χ0n) is 15.9. The van der Waals surface area contributed by atoms with Crippen LogP contribution in [0.1, 0.15) is 12.8 Å². The predicted molar refractivity (Wildman–Crippen MR) is 109 cm³/mol. The van der Waals surface area contributed by atoms with E-state index in [0.29, 0.717) is 42.0 Å². The van der Waals surface area contributed by atoms with Crippen LogP contribution in [0.5, 0.6) is 5.75 Å². The Kier molecular flexibility index (Phi) is 5.18. The minimum absolute atomic E-state index is 0.190. The summed E-state index contributed by atoms with van der Waals surface area (Å²) in [6, 6.07) is 11.3. The molecule has 150 valence electrons. The molecule has 4 aromatic rings. The molecule has 1 unspecified atom stereocenters. The second-order valence-electron chi connectivity index (χ2n) is 6.74. The summed E-state index contributed by atoms with van der Waals surface area (Å²) in [6.07, 6.45) is 3.43. The molecular weight excluding hydrogens is 375 g/mol. The van der Waals surface area contributed by atoms with E-state index in [-0.39, 0.29) is 5.56 Å². The Balaban J connectivity index is 1.52. The number of aliphatic hydroxyl groups excluding tert-OH is 1. The summed E-state index contributed by atoms with van der Waals surface area (Å²) in [5, 5.41) is 13.2. The van der Waals surface area contributed by atoms with Gasteiger partial charge >= 0.3 is 0 Å². The first-order valence-electron chi connectivity index (χ1n) is 9.30. The maximum atomic E-state index is 13.8. The van der Waals surface area contributed by atoms with Crippen molar-refractivity contribution in [2.24, 2.45) is 0 Å². The highest BCUT2D eigenvalue weighted by Crippen LogP contribution is 2.18. The number of nitrogens with one attached hydrogen (secondary N) is 1. The fourth-order valence-electron chi connectivity index (χ4n) is 3.45. The summed E-state index contributed by atoms with van der Waals surface area (Å²) < 4.78 is 22.3. The van der Waals surface area contributed by atoms with Crippen LogP contribution < -0.4 is 15.6 Å². The van der Waals surface area contributed by atoms with E-state index >= 15 is 0 Å². The first kappa shape index (κ1) is 18.9. The zero-order valence-corrected chi connectivity index (χ0v) is 15.9. The Morgan fingerprint density at radius 2 is 2.07 bits per heavy atom. The summed E-state index contributed by atoms with van der Waals surface area (Å²) in [5.74, 6) is 0.731. The van der Waals surface area contributed by atoms with Crippen LogP contribution in [-0.2, 0) is 6.54 Å². The Hall–Kier alpha value is -3.39. The molecule has 0 aliphatic rings. The molecular formula is C21H21FN4O3. The van der Waals surface area contributed by atoms with Crippen molar-refractivity contribution < 1.29 is 14.2 Å². The zero-order chi connectivity index (χ0) is 20.4. The summed E-state index contributed by atoms with van der Waals surface area (Å²) in [7, 11) is 1.56. The highest BCUT2D eigenvalue weighted by atomic mass is 19.1. The second-order valence-corrected chi connectivity index (χ2v) is 6.74. The molecule has 0 radical (unpaired) electrons. The molecule has 4 rings (SSSR count). The highest BCUT2D eigenvalue weighted by Gasteiger charge is 2.12. The molecule has 0 saturated carbocycles. The molecule has 1 aromatic carbocycles. The van der Waals surface area contributed by atoms with Crippen LogP contribution in [0, 0.1) is 5.82 Å². The number of rotatable bonds is 7. The van der Waals surface area contributed by atoms with Crippen molar-refractivity contribution in [1.82, 2.24) is 14.0 Å². The molecule has 2 N–H and O–H groups in total. The van der Waals surface area contributed by atoms with E-state index in [1.807, 2.05) is 0 Å². The lowest BCUT2D eigenvalue weighted by Crippen LogP contribution is -2.25. The third-order valence-corrected chi connectivity index (χ3v) is 4.84. The Labute approximate surface area is 166 Å². The number of fused-ring (bicyclic) bond motifs is 3. The lowest BCUT2D eigenvalue weighted by atomic mass is 10.2. The molecule has 0 aliphatic heterocycles. The third kappa shape index (κ3) is 3.79. The average Bonchev–Trinajstić information content (AvgIpc) is 3.20. The number of pyridine rings is 1. The average molecular weight is 396 g/mol. The molecule has 0 amide bonds. The van der Waals surface area contributed by atoms with Crippen LogP contribution >= 0.6 is 0 Å². The highest BCUT2D eigenvalue weighted by molar-refractivity contribution is 5.79. The molecule has 29 heavy (non-hydrogen) atoms. The lowest BCUT2D eigenvalue weighted by molar-refractivity contribution is 0.187. The standard InChI is InChI=1S/C21H21FN4O3/c1-29-15-8-9-23-19(13-15)24-20(27)5-3-11-26-18-12-14(22)6-7-16(18)25-10-2-4-17(25)21(26)28/h2,4,6-10,12-13,20,27H,3,5,11H2,1H3,(H,23,24). The number of nitrogens with zero attached hydrogens (tertiary/aromatic N) is 3. The molecule has 8 heteroatoms. The van der Waals surface area contributed by atoms with E-state index in [9.17, 15) is 14.3 Å². The third-order valence-electron chi connectivity index (χ3n) is 4.84. The van der Waals surface area contributed by atoms with Gasteiger partial charge in [-0.25, -0.2) is 9.37 Å². The van der Waals surface area contributed by atoms with Gasteiger partial charge in [0.1, 0.15) is 29.1 Å². The number of ether oxygens (including phenoxy) is 1. The molecule has 0 bridgehead atoms. The Morgan fingerprint density at radius 1 is 1.21 bits per heavy atom. The largest absolute Gasteiger partial charge is 0.497 e. The van der Waals surface area contributed by atoms with Crippen LogP contribution in [0.4, 0.5) is 10.2 Å². The van der Waals surface area contributed by atoms with Crippen molar-refractivity contribution in [3.8, 4) is 5.75 Å². The fraction of sp³-hybridized carbons (Fsp3) is 0.238. The monoisotopic (exact) mass is 396 g/mol. The molecule has 0 saturated heterocycles. The van der Waals surface area contributed by atoms with Crippen molar-refractivity contribution in [3.63, 3.8) is 0 Å². The topological polar surface area (TPSA) is 80.8 Å². The molecule has 3 heterocycles. The Morgan fingerprint density at radius 3 is 2.90 bits per heavy atom. The van der Waals surface area contributed by atoms with Crippen LogP contribution in [0.25, 0.3) is 16.6 Å². The van der Waals surface area contributed by atoms with E-state index in [1.165, 1.54) is 12.1 Å². The molecule has 7 nitrogen and oxygen atoms in total. The van der Waals surface area contributed by atoms with Gasteiger partial charge in [0, 0.05) is 25.0 Å². The number of aliphatic hydroxyl groups is 1. The first-order valence-corrected chi connectivity index (χ1v) is 9.30. The minimum atomic E-state index is -0.842. The summed E-state index contributed by atoms with van der Waals surface area (Å²) in [6.45, 7) is 0.352. The summed E-state index contributed by atoms with van der Waals surface area (Å²) in [4.78, 5) is 17.0. The van der Waals surface area contributed by atoms with Gasteiger partial charge in [0.05, 0.1) is 18.1 Å².